The first-order valence-corrected chi connectivity index (χ1v) is 4.58. The molecule has 0 aliphatic rings. The number of hydrogen-bond acceptors (Lipinski definition) is 6. The third-order valence-corrected chi connectivity index (χ3v) is 1.90. The first-order valence-electron chi connectivity index (χ1n) is 4.58. The van der Waals surface area contributed by atoms with Gasteiger partial charge in [0, 0.05) is 0 Å². The fraction of sp³-hybridized carbons (Fsp3) is 0.333. The van der Waals surface area contributed by atoms with Crippen molar-refractivity contribution in [2.45, 2.75) is 13.0 Å². The second-order valence-electron chi connectivity index (χ2n) is 3.11. The first-order chi connectivity index (χ1) is 7.95. The third kappa shape index (κ3) is 3.03. The minimum absolute atomic E-state index is 0.243. The maximum absolute atomic E-state index is 11.5. The van der Waals surface area contributed by atoms with Crippen molar-refractivity contribution in [1.29, 1.82) is 0 Å². The Labute approximate surface area is 95.7 Å². The van der Waals surface area contributed by atoms with Crippen molar-refractivity contribution in [3.05, 3.63) is 28.0 Å². The van der Waals surface area contributed by atoms with Crippen LogP contribution in [0.15, 0.2) is 16.5 Å². The molecule has 1 aromatic rings. The molecule has 0 spiro atoms. The van der Waals surface area contributed by atoms with E-state index in [4.69, 9.17) is 0 Å². The summed E-state index contributed by atoms with van der Waals surface area (Å²) in [6, 6.07) is 1.34. The Morgan fingerprint density at radius 3 is 2.65 bits per heavy atom. The molecule has 0 saturated heterocycles. The Kier molecular flexibility index (Phi) is 3.81. The molecule has 17 heavy (non-hydrogen) atoms. The largest absolute Gasteiger partial charge is 0.467 e. The number of rotatable bonds is 4. The monoisotopic (exact) mass is 242 g/mol. The zero-order valence-electron chi connectivity index (χ0n) is 9.13. The molecule has 0 aliphatic carbocycles. The number of nitrogens with one attached hydrogen (secondary N) is 1. The molecule has 0 aliphatic heterocycles. The van der Waals surface area contributed by atoms with Gasteiger partial charge in [-0.15, -0.1) is 0 Å². The van der Waals surface area contributed by atoms with Crippen LogP contribution in [0.3, 0.4) is 0 Å². The highest BCUT2D eigenvalue weighted by Crippen LogP contribution is 2.15. The minimum Gasteiger partial charge on any atom is -0.467 e. The van der Waals surface area contributed by atoms with Gasteiger partial charge in [0.25, 0.3) is 5.91 Å². The minimum atomic E-state index is -0.864. The number of nitrogens with zero attached hydrogens (tertiary/aromatic N) is 1. The van der Waals surface area contributed by atoms with Crippen LogP contribution in [-0.2, 0) is 9.53 Å². The van der Waals surface area contributed by atoms with Gasteiger partial charge in [-0.1, -0.05) is 0 Å². The zero-order chi connectivity index (χ0) is 13.0. The van der Waals surface area contributed by atoms with E-state index in [0.717, 1.165) is 12.1 Å². The molecule has 1 N–H and O–H groups in total. The summed E-state index contributed by atoms with van der Waals surface area (Å²) < 4.78 is 9.06. The molecule has 0 fully saturated rings. The van der Waals surface area contributed by atoms with Gasteiger partial charge in [-0.25, -0.2) is 4.79 Å². The summed E-state index contributed by atoms with van der Waals surface area (Å²) in [6.07, 6.45) is 0. The van der Waals surface area contributed by atoms with Crippen molar-refractivity contribution in [1.82, 2.24) is 5.32 Å². The van der Waals surface area contributed by atoms with Gasteiger partial charge in [0.15, 0.2) is 5.76 Å². The molecule has 1 atom stereocenters. The summed E-state index contributed by atoms with van der Waals surface area (Å²) >= 11 is 0. The fourth-order valence-corrected chi connectivity index (χ4v) is 1.05. The molecular formula is C9H10N2O6. The van der Waals surface area contributed by atoms with Crippen LogP contribution in [0.5, 0.6) is 0 Å². The molecule has 92 valence electrons. The highest BCUT2D eigenvalue weighted by molar-refractivity contribution is 5.94. The van der Waals surface area contributed by atoms with Gasteiger partial charge in [-0.05, 0) is 13.0 Å². The number of amides is 1. The molecule has 0 bridgehead atoms. The van der Waals surface area contributed by atoms with Crippen molar-refractivity contribution in [2.75, 3.05) is 7.11 Å². The number of esters is 1. The number of nitro groups is 1. The average molecular weight is 242 g/mol. The molecule has 8 nitrogen and oxygen atoms in total. The maximum Gasteiger partial charge on any atom is 0.433 e. The standard InChI is InChI=1S/C9H10N2O6/c1-5(9(13)16-2)10-8(12)6-3-4-7(17-6)11(14)15/h3-5H,1-2H3,(H,10,12)/t5-/m1/s1. The normalized spacial score (nSPS) is 11.6. The lowest BCUT2D eigenvalue weighted by Gasteiger charge is -2.09. The maximum atomic E-state index is 11.5. The second-order valence-corrected chi connectivity index (χ2v) is 3.11. The highest BCUT2D eigenvalue weighted by Gasteiger charge is 2.21. The van der Waals surface area contributed by atoms with Crippen LogP contribution in [0.4, 0.5) is 5.88 Å². The SMILES string of the molecule is COC(=O)[C@@H](C)NC(=O)c1ccc([N+](=O)[O-])o1. The fourth-order valence-electron chi connectivity index (χ4n) is 1.05. The van der Waals surface area contributed by atoms with E-state index in [0.29, 0.717) is 0 Å². The topological polar surface area (TPSA) is 112 Å². The first kappa shape index (κ1) is 12.7. The Hall–Kier alpha value is -2.38. The Balaban J connectivity index is 2.70. The van der Waals surface area contributed by atoms with Crippen molar-refractivity contribution in [3.8, 4) is 0 Å². The van der Waals surface area contributed by atoms with Gasteiger partial charge in [0.05, 0.1) is 13.2 Å². The van der Waals surface area contributed by atoms with E-state index in [-0.39, 0.29) is 5.76 Å². The molecule has 0 unspecified atom stereocenters. The smallest absolute Gasteiger partial charge is 0.433 e. The molecule has 1 amide bonds. The van der Waals surface area contributed by atoms with Crippen LogP contribution in [-0.4, -0.2) is 30.0 Å². The third-order valence-electron chi connectivity index (χ3n) is 1.90. The summed E-state index contributed by atoms with van der Waals surface area (Å²) in [5.41, 5.74) is 0. The number of furan rings is 1. The molecule has 0 aromatic carbocycles. The predicted molar refractivity (Wildman–Crippen MR) is 54.3 cm³/mol. The Bertz CT molecular complexity index is 452. The lowest BCUT2D eigenvalue weighted by atomic mass is 10.3. The van der Waals surface area contributed by atoms with Crippen molar-refractivity contribution in [2.24, 2.45) is 0 Å². The Morgan fingerprint density at radius 1 is 1.53 bits per heavy atom. The van der Waals surface area contributed by atoms with E-state index in [1.165, 1.54) is 14.0 Å². The van der Waals surface area contributed by atoms with Crippen molar-refractivity contribution in [3.63, 3.8) is 0 Å². The highest BCUT2D eigenvalue weighted by atomic mass is 16.6. The number of carbonyl (C=O) groups excluding carboxylic acids is 2. The molecule has 0 radical (unpaired) electrons. The molecule has 1 heterocycles. The van der Waals surface area contributed by atoms with Crippen LogP contribution in [0.1, 0.15) is 17.5 Å². The van der Waals surface area contributed by atoms with Gasteiger partial charge >= 0.3 is 11.9 Å². The number of carbonyl (C=O) groups is 2. The lowest BCUT2D eigenvalue weighted by Crippen LogP contribution is -2.38. The summed E-state index contributed by atoms with van der Waals surface area (Å²) in [4.78, 5) is 32.0. The average Bonchev–Trinajstić information content (AvgIpc) is 2.77. The molecule has 0 saturated carbocycles. The summed E-state index contributed by atoms with van der Waals surface area (Å²) in [7, 11) is 1.18. The van der Waals surface area contributed by atoms with Gasteiger partial charge in [0.1, 0.15) is 11.0 Å². The van der Waals surface area contributed by atoms with Crippen LogP contribution in [0, 0.1) is 10.1 Å². The van der Waals surface area contributed by atoms with Crippen LogP contribution < -0.4 is 5.32 Å². The molecule has 8 heteroatoms. The van der Waals surface area contributed by atoms with E-state index in [1.807, 2.05) is 0 Å². The predicted octanol–water partition coefficient (Wildman–Crippen LogP) is 0.479. The zero-order valence-corrected chi connectivity index (χ0v) is 9.13. The molecule has 1 aromatic heterocycles. The summed E-state index contributed by atoms with van der Waals surface area (Å²) in [5, 5.41) is 12.6. The Morgan fingerprint density at radius 2 is 2.18 bits per heavy atom. The number of ether oxygens (including phenoxy) is 1. The van der Waals surface area contributed by atoms with E-state index in [1.54, 1.807) is 0 Å². The number of hydrogen-bond donors (Lipinski definition) is 1. The summed E-state index contributed by atoms with van der Waals surface area (Å²) in [5.74, 6) is -2.14. The van der Waals surface area contributed by atoms with E-state index < -0.39 is 28.7 Å². The van der Waals surface area contributed by atoms with Crippen molar-refractivity contribution < 1.29 is 23.7 Å². The van der Waals surface area contributed by atoms with Crippen LogP contribution in [0.25, 0.3) is 0 Å². The quantitative estimate of drug-likeness (QED) is 0.467. The van der Waals surface area contributed by atoms with Crippen LogP contribution in [0.2, 0.25) is 0 Å². The van der Waals surface area contributed by atoms with E-state index >= 15 is 0 Å². The van der Waals surface area contributed by atoms with Crippen LogP contribution >= 0.6 is 0 Å². The molecular weight excluding hydrogens is 232 g/mol. The van der Waals surface area contributed by atoms with Gasteiger partial charge in [0.2, 0.25) is 0 Å². The van der Waals surface area contributed by atoms with Gasteiger partial charge in [-0.3, -0.25) is 14.9 Å². The van der Waals surface area contributed by atoms with Crippen molar-refractivity contribution >= 4 is 17.8 Å². The van der Waals surface area contributed by atoms with Gasteiger partial charge < -0.3 is 14.5 Å². The second kappa shape index (κ2) is 5.10. The van der Waals surface area contributed by atoms with E-state index in [2.05, 4.69) is 14.5 Å². The number of methoxy groups -OCH3 is 1. The summed E-state index contributed by atoms with van der Waals surface area (Å²) in [6.45, 7) is 1.42. The lowest BCUT2D eigenvalue weighted by molar-refractivity contribution is -0.402. The van der Waals surface area contributed by atoms with Gasteiger partial charge in [-0.2, -0.15) is 0 Å². The van der Waals surface area contributed by atoms with E-state index in [9.17, 15) is 19.7 Å². The molecule has 1 rings (SSSR count).